The molecule has 0 atom stereocenters. The highest BCUT2D eigenvalue weighted by Crippen LogP contribution is 2.34. The predicted molar refractivity (Wildman–Crippen MR) is 95.1 cm³/mol. The van der Waals surface area contributed by atoms with E-state index in [1.54, 1.807) is 24.3 Å². The van der Waals surface area contributed by atoms with E-state index < -0.39 is 11.9 Å². The summed E-state index contributed by atoms with van der Waals surface area (Å²) in [7, 11) is 1.38. The Balaban J connectivity index is 2.26. The molecule has 2 aromatic carbocycles. The van der Waals surface area contributed by atoms with E-state index in [9.17, 15) is 9.59 Å². The summed E-state index contributed by atoms with van der Waals surface area (Å²) in [6, 6.07) is 9.15. The van der Waals surface area contributed by atoms with Crippen molar-refractivity contribution in [3.05, 3.63) is 52.5 Å². The van der Waals surface area contributed by atoms with Gasteiger partial charge in [0.2, 0.25) is 0 Å². The number of carbonyl (C=O) groups is 2. The van der Waals surface area contributed by atoms with Crippen molar-refractivity contribution in [2.24, 2.45) is 0 Å². The van der Waals surface area contributed by atoms with E-state index in [0.717, 1.165) is 0 Å². The van der Waals surface area contributed by atoms with Crippen LogP contribution in [-0.4, -0.2) is 30.2 Å². The number of carboxylic acid groups (broad SMARTS) is 1. The van der Waals surface area contributed by atoms with Crippen LogP contribution >= 0.6 is 11.6 Å². The molecule has 0 saturated heterocycles. The van der Waals surface area contributed by atoms with Crippen LogP contribution in [0.2, 0.25) is 5.02 Å². The molecule has 0 heterocycles. The summed E-state index contributed by atoms with van der Waals surface area (Å²) >= 11 is 6.02. The summed E-state index contributed by atoms with van der Waals surface area (Å²) in [4.78, 5) is 23.6. The van der Waals surface area contributed by atoms with Gasteiger partial charge in [-0.15, -0.1) is 0 Å². The van der Waals surface area contributed by atoms with Crippen LogP contribution in [0.4, 0.5) is 5.69 Å². The molecule has 0 fully saturated rings. The molecule has 0 spiro atoms. The lowest BCUT2D eigenvalue weighted by Crippen LogP contribution is -2.14. The van der Waals surface area contributed by atoms with Crippen LogP contribution in [0.25, 0.3) is 0 Å². The Hall–Kier alpha value is -2.73. The van der Waals surface area contributed by atoms with Crippen LogP contribution < -0.4 is 14.8 Å². The number of amides is 1. The van der Waals surface area contributed by atoms with Gasteiger partial charge < -0.3 is 19.9 Å². The third-order valence-corrected chi connectivity index (χ3v) is 3.51. The fourth-order valence-electron chi connectivity index (χ4n) is 2.17. The molecular weight excluding hydrogens is 346 g/mol. The van der Waals surface area contributed by atoms with Crippen molar-refractivity contribution in [2.75, 3.05) is 12.4 Å². The summed E-state index contributed by atoms with van der Waals surface area (Å²) in [5, 5.41) is 11.8. The Morgan fingerprint density at radius 2 is 1.76 bits per heavy atom. The maximum Gasteiger partial charge on any atom is 0.335 e. The van der Waals surface area contributed by atoms with Crippen molar-refractivity contribution in [3.63, 3.8) is 0 Å². The molecule has 1 amide bonds. The van der Waals surface area contributed by atoms with Gasteiger partial charge in [-0.1, -0.05) is 11.6 Å². The van der Waals surface area contributed by atoms with Gasteiger partial charge in [-0.3, -0.25) is 4.79 Å². The highest BCUT2D eigenvalue weighted by Gasteiger charge is 2.16. The van der Waals surface area contributed by atoms with E-state index >= 15 is 0 Å². The minimum absolute atomic E-state index is 0.0323. The van der Waals surface area contributed by atoms with Crippen LogP contribution in [-0.2, 0) is 0 Å². The Morgan fingerprint density at radius 1 is 1.12 bits per heavy atom. The van der Waals surface area contributed by atoms with E-state index in [0.29, 0.717) is 11.3 Å². The molecule has 0 aliphatic heterocycles. The van der Waals surface area contributed by atoms with Gasteiger partial charge in [0.15, 0.2) is 5.75 Å². The Morgan fingerprint density at radius 3 is 2.28 bits per heavy atom. The number of hydrogen-bond acceptors (Lipinski definition) is 4. The number of carboxylic acids is 1. The number of benzene rings is 2. The number of aromatic carboxylic acids is 1. The van der Waals surface area contributed by atoms with Crippen LogP contribution in [0.15, 0.2) is 36.4 Å². The zero-order valence-corrected chi connectivity index (χ0v) is 14.8. The van der Waals surface area contributed by atoms with Crippen molar-refractivity contribution >= 4 is 29.2 Å². The SMILES string of the molecule is COc1c(Cl)cc(C(=O)O)cc1NC(=O)c1ccc(OC(C)C)cc1. The highest BCUT2D eigenvalue weighted by molar-refractivity contribution is 6.33. The number of rotatable bonds is 6. The Kier molecular flexibility index (Phi) is 5.88. The number of anilines is 1. The molecule has 0 saturated carbocycles. The predicted octanol–water partition coefficient (Wildman–Crippen LogP) is 4.09. The summed E-state index contributed by atoms with van der Waals surface area (Å²) < 4.78 is 10.7. The van der Waals surface area contributed by atoms with E-state index in [-0.39, 0.29) is 28.1 Å². The average molecular weight is 364 g/mol. The van der Waals surface area contributed by atoms with Crippen LogP contribution in [0, 0.1) is 0 Å². The number of nitrogens with one attached hydrogen (secondary N) is 1. The van der Waals surface area contributed by atoms with Crippen molar-refractivity contribution in [3.8, 4) is 11.5 Å². The molecule has 2 rings (SSSR count). The molecule has 0 radical (unpaired) electrons. The number of methoxy groups -OCH3 is 1. The minimum Gasteiger partial charge on any atom is -0.493 e. The first kappa shape index (κ1) is 18.6. The molecule has 0 bridgehead atoms. The summed E-state index contributed by atoms with van der Waals surface area (Å²) in [5.41, 5.74) is 0.511. The summed E-state index contributed by atoms with van der Waals surface area (Å²) in [5.74, 6) is -0.733. The summed E-state index contributed by atoms with van der Waals surface area (Å²) in [6.45, 7) is 3.82. The molecule has 6 nitrogen and oxygen atoms in total. The lowest BCUT2D eigenvalue weighted by atomic mass is 10.1. The Labute approximate surface area is 150 Å². The largest absolute Gasteiger partial charge is 0.493 e. The molecular formula is C18H18ClNO5. The average Bonchev–Trinajstić information content (AvgIpc) is 2.54. The standard InChI is InChI=1S/C18H18ClNO5/c1-10(2)25-13-6-4-11(5-7-13)17(21)20-15-9-12(18(22)23)8-14(19)16(15)24-3/h4-10H,1-3H3,(H,20,21)(H,22,23). The van der Waals surface area contributed by atoms with Gasteiger partial charge in [-0.2, -0.15) is 0 Å². The van der Waals surface area contributed by atoms with Crippen molar-refractivity contribution in [2.45, 2.75) is 20.0 Å². The smallest absolute Gasteiger partial charge is 0.335 e. The van der Waals surface area contributed by atoms with E-state index in [2.05, 4.69) is 5.32 Å². The van der Waals surface area contributed by atoms with Crippen LogP contribution in [0.5, 0.6) is 11.5 Å². The van der Waals surface area contributed by atoms with Gasteiger partial charge in [0.1, 0.15) is 5.75 Å². The quantitative estimate of drug-likeness (QED) is 0.807. The van der Waals surface area contributed by atoms with E-state index in [1.807, 2.05) is 13.8 Å². The van der Waals surface area contributed by atoms with Gasteiger partial charge in [-0.05, 0) is 50.2 Å². The molecule has 2 aromatic rings. The zero-order valence-electron chi connectivity index (χ0n) is 14.0. The van der Waals surface area contributed by atoms with Crippen molar-refractivity contribution in [1.82, 2.24) is 0 Å². The number of hydrogen-bond donors (Lipinski definition) is 2. The lowest BCUT2D eigenvalue weighted by Gasteiger charge is -2.13. The molecule has 0 aromatic heterocycles. The van der Waals surface area contributed by atoms with Crippen molar-refractivity contribution in [1.29, 1.82) is 0 Å². The fraction of sp³-hybridized carbons (Fsp3) is 0.222. The summed E-state index contributed by atoms with van der Waals surface area (Å²) in [6.07, 6.45) is 0.0323. The molecule has 0 aliphatic carbocycles. The second-order valence-corrected chi connectivity index (χ2v) is 5.90. The molecule has 25 heavy (non-hydrogen) atoms. The first-order chi connectivity index (χ1) is 11.8. The third kappa shape index (κ3) is 4.64. The van der Waals surface area contributed by atoms with Gasteiger partial charge in [0.25, 0.3) is 5.91 Å². The van der Waals surface area contributed by atoms with Gasteiger partial charge in [-0.25, -0.2) is 4.79 Å². The van der Waals surface area contributed by atoms with E-state index in [1.165, 1.54) is 19.2 Å². The Bertz CT molecular complexity index is 787. The molecule has 132 valence electrons. The van der Waals surface area contributed by atoms with Gasteiger partial charge in [0.05, 0.1) is 29.5 Å². The number of halogens is 1. The number of ether oxygens (including phenoxy) is 2. The number of carbonyl (C=O) groups excluding carboxylic acids is 1. The normalized spacial score (nSPS) is 10.4. The lowest BCUT2D eigenvalue weighted by molar-refractivity contribution is 0.0696. The van der Waals surface area contributed by atoms with Crippen molar-refractivity contribution < 1.29 is 24.2 Å². The molecule has 2 N–H and O–H groups in total. The molecule has 7 heteroatoms. The monoisotopic (exact) mass is 363 g/mol. The van der Waals surface area contributed by atoms with Crippen LogP contribution in [0.1, 0.15) is 34.6 Å². The second kappa shape index (κ2) is 7.90. The first-order valence-electron chi connectivity index (χ1n) is 7.50. The van der Waals surface area contributed by atoms with Gasteiger partial charge >= 0.3 is 5.97 Å². The molecule has 0 unspecified atom stereocenters. The zero-order chi connectivity index (χ0) is 18.6. The molecule has 0 aliphatic rings. The van der Waals surface area contributed by atoms with Gasteiger partial charge in [0, 0.05) is 5.56 Å². The van der Waals surface area contributed by atoms with E-state index in [4.69, 9.17) is 26.2 Å². The first-order valence-corrected chi connectivity index (χ1v) is 7.88. The maximum absolute atomic E-state index is 12.4. The minimum atomic E-state index is -1.16. The highest BCUT2D eigenvalue weighted by atomic mass is 35.5. The van der Waals surface area contributed by atoms with Crippen LogP contribution in [0.3, 0.4) is 0 Å². The maximum atomic E-state index is 12.4. The second-order valence-electron chi connectivity index (χ2n) is 5.49. The fourth-order valence-corrected chi connectivity index (χ4v) is 2.47. The third-order valence-electron chi connectivity index (χ3n) is 3.23. The topological polar surface area (TPSA) is 84.9 Å².